The van der Waals surface area contributed by atoms with E-state index < -0.39 is 10.8 Å². The van der Waals surface area contributed by atoms with E-state index in [2.05, 4.69) is 34.5 Å². The van der Waals surface area contributed by atoms with Crippen LogP contribution in [0.5, 0.6) is 0 Å². The molecule has 0 spiro atoms. The summed E-state index contributed by atoms with van der Waals surface area (Å²) in [6.07, 6.45) is 0. The Labute approximate surface area is 106 Å². The molecule has 17 heavy (non-hydrogen) atoms. The minimum absolute atomic E-state index is 0.560. The fourth-order valence-corrected chi connectivity index (χ4v) is 3.09. The zero-order valence-electron chi connectivity index (χ0n) is 10.1. The van der Waals surface area contributed by atoms with Crippen LogP contribution < -0.4 is 5.32 Å². The van der Waals surface area contributed by atoms with E-state index in [9.17, 15) is 4.21 Å². The molecule has 2 rings (SSSR count). The number of hydrogen-bond donors (Lipinski definition) is 1. The summed E-state index contributed by atoms with van der Waals surface area (Å²) < 4.78 is 11.2. The molecule has 1 aliphatic rings. The van der Waals surface area contributed by atoms with Gasteiger partial charge in [0, 0.05) is 55.0 Å². The summed E-state index contributed by atoms with van der Waals surface area (Å²) >= 11 is 0. The molecule has 3 nitrogen and oxygen atoms in total. The average molecular weight is 252 g/mol. The molecule has 1 fully saturated rings. The van der Waals surface area contributed by atoms with Crippen LogP contribution in [-0.2, 0) is 17.3 Å². The van der Waals surface area contributed by atoms with E-state index >= 15 is 0 Å². The van der Waals surface area contributed by atoms with Gasteiger partial charge in [0.05, 0.1) is 0 Å². The van der Waals surface area contributed by atoms with Crippen LogP contribution in [0.25, 0.3) is 0 Å². The fraction of sp³-hybridized carbons (Fsp3) is 0.538. The summed E-state index contributed by atoms with van der Waals surface area (Å²) in [6.45, 7) is 4.96. The first-order valence-corrected chi connectivity index (χ1v) is 7.65. The van der Waals surface area contributed by atoms with E-state index in [1.54, 1.807) is 0 Å². The van der Waals surface area contributed by atoms with Gasteiger partial charge in [-0.15, -0.1) is 0 Å². The SMILES string of the molecule is O=S1CCN(CCNCc2ccccc2)CC1. The van der Waals surface area contributed by atoms with Crippen LogP contribution >= 0.6 is 0 Å². The first kappa shape index (κ1) is 12.7. The second-order valence-corrected chi connectivity index (χ2v) is 6.05. The van der Waals surface area contributed by atoms with Gasteiger partial charge in [-0.25, -0.2) is 0 Å². The monoisotopic (exact) mass is 252 g/mol. The average Bonchev–Trinajstić information content (AvgIpc) is 2.38. The third-order valence-corrected chi connectivity index (χ3v) is 4.32. The van der Waals surface area contributed by atoms with Gasteiger partial charge in [0.15, 0.2) is 0 Å². The van der Waals surface area contributed by atoms with Gasteiger partial charge in [-0.2, -0.15) is 0 Å². The largest absolute Gasteiger partial charge is 0.311 e. The van der Waals surface area contributed by atoms with Gasteiger partial charge in [-0.1, -0.05) is 30.3 Å². The highest BCUT2D eigenvalue weighted by Gasteiger charge is 2.13. The van der Waals surface area contributed by atoms with Crippen molar-refractivity contribution < 1.29 is 4.21 Å². The molecule has 1 N–H and O–H groups in total. The molecule has 0 radical (unpaired) electrons. The summed E-state index contributed by atoms with van der Waals surface area (Å²) in [5, 5.41) is 3.44. The zero-order valence-corrected chi connectivity index (χ0v) is 10.9. The smallest absolute Gasteiger partial charge is 0.0363 e. The minimum atomic E-state index is -0.560. The molecule has 0 saturated carbocycles. The first-order chi connectivity index (χ1) is 8.34. The summed E-state index contributed by atoms with van der Waals surface area (Å²) in [5.74, 6) is 1.69. The van der Waals surface area contributed by atoms with Crippen LogP contribution in [0.4, 0.5) is 0 Å². The maximum Gasteiger partial charge on any atom is 0.0363 e. The maximum absolute atomic E-state index is 11.2. The number of nitrogens with one attached hydrogen (secondary N) is 1. The van der Waals surface area contributed by atoms with Gasteiger partial charge in [0.25, 0.3) is 0 Å². The second-order valence-electron chi connectivity index (χ2n) is 4.35. The van der Waals surface area contributed by atoms with Crippen LogP contribution in [-0.4, -0.2) is 46.8 Å². The summed E-state index contributed by atoms with van der Waals surface area (Å²) in [5.41, 5.74) is 1.33. The predicted octanol–water partition coefficient (Wildman–Crippen LogP) is 0.840. The first-order valence-electron chi connectivity index (χ1n) is 6.16. The molecule has 1 aromatic rings. The van der Waals surface area contributed by atoms with Crippen molar-refractivity contribution in [3.8, 4) is 0 Å². The van der Waals surface area contributed by atoms with Crippen molar-refractivity contribution >= 4 is 10.8 Å². The normalized spacial score (nSPS) is 18.4. The van der Waals surface area contributed by atoms with Crippen molar-refractivity contribution in [1.29, 1.82) is 0 Å². The van der Waals surface area contributed by atoms with Gasteiger partial charge < -0.3 is 10.2 Å². The summed E-state index contributed by atoms with van der Waals surface area (Å²) in [7, 11) is -0.560. The highest BCUT2D eigenvalue weighted by atomic mass is 32.2. The number of rotatable bonds is 5. The van der Waals surface area contributed by atoms with E-state index in [-0.39, 0.29) is 0 Å². The predicted molar refractivity (Wildman–Crippen MR) is 72.5 cm³/mol. The number of nitrogens with zero attached hydrogens (tertiary/aromatic N) is 1. The minimum Gasteiger partial charge on any atom is -0.311 e. The third-order valence-electron chi connectivity index (χ3n) is 3.05. The summed E-state index contributed by atoms with van der Waals surface area (Å²) in [6, 6.07) is 10.4. The molecule has 1 saturated heterocycles. The van der Waals surface area contributed by atoms with E-state index in [1.165, 1.54) is 5.56 Å². The molecule has 0 unspecified atom stereocenters. The van der Waals surface area contributed by atoms with Gasteiger partial charge in [0.1, 0.15) is 0 Å². The fourth-order valence-electron chi connectivity index (χ4n) is 1.97. The Morgan fingerprint density at radius 3 is 2.59 bits per heavy atom. The van der Waals surface area contributed by atoms with E-state index in [4.69, 9.17) is 0 Å². The topological polar surface area (TPSA) is 32.3 Å². The Morgan fingerprint density at radius 1 is 1.18 bits per heavy atom. The second kappa shape index (κ2) is 6.89. The lowest BCUT2D eigenvalue weighted by Crippen LogP contribution is -2.41. The lowest BCUT2D eigenvalue weighted by Gasteiger charge is -2.26. The third kappa shape index (κ3) is 4.58. The Hall–Kier alpha value is -0.710. The Balaban J connectivity index is 1.59. The van der Waals surface area contributed by atoms with Crippen LogP contribution in [0.15, 0.2) is 30.3 Å². The standard InChI is InChI=1S/C13H20N2OS/c16-17-10-8-15(9-11-17)7-6-14-12-13-4-2-1-3-5-13/h1-5,14H,6-12H2. The van der Waals surface area contributed by atoms with E-state index in [0.29, 0.717) is 0 Å². The number of hydrogen-bond acceptors (Lipinski definition) is 3. The van der Waals surface area contributed by atoms with Crippen molar-refractivity contribution in [2.45, 2.75) is 6.54 Å². The van der Waals surface area contributed by atoms with Gasteiger partial charge in [0.2, 0.25) is 0 Å². The highest BCUT2D eigenvalue weighted by molar-refractivity contribution is 7.85. The van der Waals surface area contributed by atoms with Crippen LogP contribution in [0, 0.1) is 0 Å². The van der Waals surface area contributed by atoms with Crippen molar-refractivity contribution in [2.24, 2.45) is 0 Å². The quantitative estimate of drug-likeness (QED) is 0.788. The lowest BCUT2D eigenvalue weighted by molar-refractivity contribution is 0.298. The van der Waals surface area contributed by atoms with E-state index in [1.807, 2.05) is 6.07 Å². The van der Waals surface area contributed by atoms with Gasteiger partial charge in [-0.3, -0.25) is 4.21 Å². The molecule has 0 bridgehead atoms. The molecule has 0 aromatic heterocycles. The van der Waals surface area contributed by atoms with Crippen molar-refractivity contribution in [2.75, 3.05) is 37.7 Å². The Bertz CT molecular complexity index is 346. The molecule has 1 heterocycles. The van der Waals surface area contributed by atoms with Gasteiger partial charge >= 0.3 is 0 Å². The molecule has 1 aliphatic heterocycles. The van der Waals surface area contributed by atoms with Crippen molar-refractivity contribution in [3.05, 3.63) is 35.9 Å². The molecule has 0 atom stereocenters. The maximum atomic E-state index is 11.2. The number of benzene rings is 1. The highest BCUT2D eigenvalue weighted by Crippen LogP contribution is 1.99. The summed E-state index contributed by atoms with van der Waals surface area (Å²) in [4.78, 5) is 2.39. The Kier molecular flexibility index (Phi) is 5.16. The van der Waals surface area contributed by atoms with Crippen molar-refractivity contribution in [3.63, 3.8) is 0 Å². The van der Waals surface area contributed by atoms with Gasteiger partial charge in [-0.05, 0) is 5.56 Å². The zero-order chi connectivity index (χ0) is 11.9. The molecular weight excluding hydrogens is 232 g/mol. The van der Waals surface area contributed by atoms with Crippen LogP contribution in [0.2, 0.25) is 0 Å². The molecular formula is C13H20N2OS. The van der Waals surface area contributed by atoms with Crippen LogP contribution in [0.1, 0.15) is 5.56 Å². The lowest BCUT2D eigenvalue weighted by atomic mass is 10.2. The van der Waals surface area contributed by atoms with Crippen molar-refractivity contribution in [1.82, 2.24) is 10.2 Å². The molecule has 1 aromatic carbocycles. The molecule has 0 aliphatic carbocycles. The molecule has 94 valence electrons. The van der Waals surface area contributed by atoms with E-state index in [0.717, 1.165) is 44.2 Å². The van der Waals surface area contributed by atoms with Crippen LogP contribution in [0.3, 0.4) is 0 Å². The molecule has 0 amide bonds. The Morgan fingerprint density at radius 2 is 1.88 bits per heavy atom. The molecule has 4 heteroatoms.